The lowest BCUT2D eigenvalue weighted by Crippen LogP contribution is -2.23. The molecule has 1 saturated heterocycles. The molecule has 37 heavy (non-hydrogen) atoms. The van der Waals surface area contributed by atoms with Gasteiger partial charge in [-0.2, -0.15) is 0 Å². The van der Waals surface area contributed by atoms with Gasteiger partial charge in [0.25, 0.3) is 5.91 Å². The summed E-state index contributed by atoms with van der Waals surface area (Å²) in [5.74, 6) is 0.0394. The molecule has 0 aromatic heterocycles. The second kappa shape index (κ2) is 11.6. The Morgan fingerprint density at radius 3 is 2.46 bits per heavy atom. The number of esters is 1. The Labute approximate surface area is 226 Å². The Morgan fingerprint density at radius 1 is 1.11 bits per heavy atom. The molecule has 0 radical (unpaired) electrons. The van der Waals surface area contributed by atoms with E-state index in [1.165, 1.54) is 43.0 Å². The number of benzene rings is 3. The van der Waals surface area contributed by atoms with Crippen molar-refractivity contribution in [3.63, 3.8) is 0 Å². The van der Waals surface area contributed by atoms with Crippen LogP contribution < -0.4 is 9.47 Å². The van der Waals surface area contributed by atoms with Crippen LogP contribution in [0, 0.1) is 5.82 Å². The molecule has 7 nitrogen and oxygen atoms in total. The number of carbonyl (C=O) groups excluding carboxylic acids is 2. The Morgan fingerprint density at radius 2 is 1.81 bits per heavy atom. The SMILES string of the molecule is COC(=O)c1ccc(N=C2SC(=Cc3cc(Br)c(OCc4ccc(F)cc4)c(OC)c3)C(=O)N2C)cc1. The van der Waals surface area contributed by atoms with Gasteiger partial charge in [-0.1, -0.05) is 12.1 Å². The Balaban J connectivity index is 1.54. The Hall–Kier alpha value is -3.63. The predicted molar refractivity (Wildman–Crippen MR) is 145 cm³/mol. The summed E-state index contributed by atoms with van der Waals surface area (Å²) in [6, 6.07) is 16.3. The van der Waals surface area contributed by atoms with Crippen molar-refractivity contribution in [3.8, 4) is 11.5 Å². The number of halogens is 2. The quantitative estimate of drug-likeness (QED) is 0.243. The summed E-state index contributed by atoms with van der Waals surface area (Å²) >= 11 is 4.77. The van der Waals surface area contributed by atoms with Crippen molar-refractivity contribution in [2.24, 2.45) is 4.99 Å². The second-order valence-corrected chi connectivity index (χ2v) is 9.72. The van der Waals surface area contributed by atoms with Gasteiger partial charge in [-0.25, -0.2) is 14.2 Å². The maximum Gasteiger partial charge on any atom is 0.337 e. The van der Waals surface area contributed by atoms with Crippen molar-refractivity contribution >= 4 is 56.5 Å². The summed E-state index contributed by atoms with van der Waals surface area (Å²) in [6.45, 7) is 0.231. The monoisotopic (exact) mass is 584 g/mol. The highest BCUT2D eigenvalue weighted by molar-refractivity contribution is 9.10. The van der Waals surface area contributed by atoms with E-state index in [4.69, 9.17) is 14.2 Å². The van der Waals surface area contributed by atoms with Crippen molar-refractivity contribution < 1.29 is 28.2 Å². The number of likely N-dealkylation sites (N-methyl/N-ethyl adjacent to an activating group) is 1. The summed E-state index contributed by atoms with van der Waals surface area (Å²) in [5.41, 5.74) is 2.55. The molecule has 1 aliphatic heterocycles. The molecule has 1 fully saturated rings. The number of methoxy groups -OCH3 is 2. The zero-order chi connectivity index (χ0) is 26.5. The summed E-state index contributed by atoms with van der Waals surface area (Å²) < 4.78 is 29.9. The van der Waals surface area contributed by atoms with Crippen LogP contribution >= 0.6 is 27.7 Å². The van der Waals surface area contributed by atoms with E-state index in [0.717, 1.165) is 11.1 Å². The number of rotatable bonds is 7. The lowest BCUT2D eigenvalue weighted by Gasteiger charge is -2.14. The first-order chi connectivity index (χ1) is 17.8. The number of hydrogen-bond acceptors (Lipinski definition) is 7. The van der Waals surface area contributed by atoms with E-state index in [-0.39, 0.29) is 18.3 Å². The summed E-state index contributed by atoms with van der Waals surface area (Å²) in [4.78, 5) is 31.0. The molecule has 10 heteroatoms. The first kappa shape index (κ1) is 26.4. The average molecular weight is 585 g/mol. The molecular weight excluding hydrogens is 563 g/mol. The first-order valence-electron chi connectivity index (χ1n) is 11.0. The van der Waals surface area contributed by atoms with E-state index in [2.05, 4.69) is 20.9 Å². The van der Waals surface area contributed by atoms with Gasteiger partial charge >= 0.3 is 5.97 Å². The van der Waals surface area contributed by atoms with Gasteiger partial charge in [0.15, 0.2) is 16.7 Å². The van der Waals surface area contributed by atoms with Gasteiger partial charge < -0.3 is 14.2 Å². The third kappa shape index (κ3) is 6.20. The van der Waals surface area contributed by atoms with Gasteiger partial charge in [0.05, 0.1) is 34.8 Å². The maximum absolute atomic E-state index is 13.2. The molecule has 0 unspecified atom stereocenters. The van der Waals surface area contributed by atoms with E-state index < -0.39 is 5.97 Å². The van der Waals surface area contributed by atoms with Gasteiger partial charge in [0, 0.05) is 7.05 Å². The van der Waals surface area contributed by atoms with Crippen LogP contribution in [0.1, 0.15) is 21.5 Å². The number of amides is 1. The largest absolute Gasteiger partial charge is 0.493 e. The topological polar surface area (TPSA) is 77.4 Å². The maximum atomic E-state index is 13.2. The van der Waals surface area contributed by atoms with Crippen LogP contribution in [-0.4, -0.2) is 43.2 Å². The second-order valence-electron chi connectivity index (χ2n) is 7.86. The molecule has 0 bridgehead atoms. The van der Waals surface area contributed by atoms with Crippen molar-refractivity contribution in [1.82, 2.24) is 4.90 Å². The average Bonchev–Trinajstić information content (AvgIpc) is 3.16. The highest BCUT2D eigenvalue weighted by Crippen LogP contribution is 2.39. The number of ether oxygens (including phenoxy) is 3. The van der Waals surface area contributed by atoms with Gasteiger partial charge in [0.1, 0.15) is 12.4 Å². The standard InChI is InChI=1S/C27H22BrFN2O5S/c1-31-25(32)23(37-27(31)30-20-10-6-18(7-11-20)26(33)35-3)14-17-12-21(28)24(22(13-17)34-2)36-15-16-4-8-19(29)9-5-16/h4-14H,15H2,1-3H3. The first-order valence-corrected chi connectivity index (χ1v) is 12.6. The van der Waals surface area contributed by atoms with Crippen LogP contribution in [0.5, 0.6) is 11.5 Å². The summed E-state index contributed by atoms with van der Waals surface area (Å²) in [6.07, 6.45) is 1.75. The number of hydrogen-bond donors (Lipinski definition) is 0. The van der Waals surface area contributed by atoms with Crippen LogP contribution in [-0.2, 0) is 16.1 Å². The fourth-order valence-corrected chi connectivity index (χ4v) is 4.96. The van der Waals surface area contributed by atoms with Gasteiger partial charge in [-0.3, -0.25) is 9.69 Å². The lowest BCUT2D eigenvalue weighted by atomic mass is 10.1. The number of carbonyl (C=O) groups is 2. The van der Waals surface area contributed by atoms with Crippen molar-refractivity contribution in [1.29, 1.82) is 0 Å². The number of aliphatic imine (C=N–C) groups is 1. The van der Waals surface area contributed by atoms with E-state index >= 15 is 0 Å². The van der Waals surface area contributed by atoms with Crippen molar-refractivity contribution in [2.45, 2.75) is 6.61 Å². The zero-order valence-electron chi connectivity index (χ0n) is 20.2. The number of thioether (sulfide) groups is 1. The predicted octanol–water partition coefficient (Wildman–Crippen LogP) is 6.20. The molecular formula is C27H22BrFN2O5S. The summed E-state index contributed by atoms with van der Waals surface area (Å²) in [7, 11) is 4.51. The highest BCUT2D eigenvalue weighted by Gasteiger charge is 2.30. The number of amidine groups is 1. The van der Waals surface area contributed by atoms with Crippen LogP contribution in [0.25, 0.3) is 6.08 Å². The van der Waals surface area contributed by atoms with Crippen LogP contribution in [0.2, 0.25) is 0 Å². The molecule has 1 aliphatic rings. The number of nitrogens with zero attached hydrogens (tertiary/aromatic N) is 2. The Bertz CT molecular complexity index is 1390. The van der Waals surface area contributed by atoms with Crippen molar-refractivity contribution in [2.75, 3.05) is 21.3 Å². The van der Waals surface area contributed by atoms with Gasteiger partial charge in [-0.05, 0) is 93.4 Å². The van der Waals surface area contributed by atoms with Crippen LogP contribution in [0.15, 0.2) is 75.0 Å². The molecule has 4 rings (SSSR count). The fourth-order valence-electron chi connectivity index (χ4n) is 3.40. The molecule has 1 heterocycles. The van der Waals surface area contributed by atoms with Crippen molar-refractivity contribution in [3.05, 3.63) is 92.5 Å². The minimum absolute atomic E-state index is 0.193. The molecule has 3 aromatic rings. The fraction of sp³-hybridized carbons (Fsp3) is 0.148. The molecule has 0 atom stereocenters. The van der Waals surface area contributed by atoms with Gasteiger partial charge in [-0.15, -0.1) is 0 Å². The van der Waals surface area contributed by atoms with E-state index in [1.807, 2.05) is 6.07 Å². The third-order valence-corrected chi connectivity index (χ3v) is 7.01. The van der Waals surface area contributed by atoms with E-state index in [0.29, 0.717) is 37.3 Å². The Kier molecular flexibility index (Phi) is 8.30. The lowest BCUT2D eigenvalue weighted by molar-refractivity contribution is -0.121. The minimum Gasteiger partial charge on any atom is -0.493 e. The zero-order valence-corrected chi connectivity index (χ0v) is 22.6. The van der Waals surface area contributed by atoms with E-state index in [9.17, 15) is 14.0 Å². The molecule has 0 saturated carbocycles. The molecule has 3 aromatic carbocycles. The molecule has 190 valence electrons. The molecule has 0 spiro atoms. The van der Waals surface area contributed by atoms with Crippen LogP contribution in [0.4, 0.5) is 10.1 Å². The van der Waals surface area contributed by atoms with Gasteiger partial charge in [0.2, 0.25) is 0 Å². The normalized spacial score (nSPS) is 15.4. The van der Waals surface area contributed by atoms with E-state index in [1.54, 1.807) is 55.6 Å². The minimum atomic E-state index is -0.430. The molecule has 0 N–H and O–H groups in total. The smallest absolute Gasteiger partial charge is 0.337 e. The molecule has 0 aliphatic carbocycles. The summed E-state index contributed by atoms with van der Waals surface area (Å²) in [5, 5.41) is 0.507. The third-order valence-electron chi connectivity index (χ3n) is 5.36. The highest BCUT2D eigenvalue weighted by atomic mass is 79.9. The van der Waals surface area contributed by atoms with Crippen LogP contribution in [0.3, 0.4) is 0 Å². The molecule has 1 amide bonds.